The summed E-state index contributed by atoms with van der Waals surface area (Å²) in [5.41, 5.74) is 6.23. The number of benzene rings is 1. The number of halogens is 1. The molecule has 16 heavy (non-hydrogen) atoms. The summed E-state index contributed by atoms with van der Waals surface area (Å²) in [7, 11) is 0. The third-order valence-corrected chi connectivity index (χ3v) is 2.40. The van der Waals surface area contributed by atoms with Crippen LogP contribution in [0, 0.1) is 6.92 Å². The highest BCUT2D eigenvalue weighted by Crippen LogP contribution is 2.21. The molecule has 2 aromatic rings. The van der Waals surface area contributed by atoms with Gasteiger partial charge in [0.1, 0.15) is 5.75 Å². The molecule has 0 radical (unpaired) electrons. The van der Waals surface area contributed by atoms with Crippen molar-refractivity contribution in [3.8, 4) is 5.75 Å². The molecule has 0 amide bonds. The monoisotopic (exact) mass is 239 g/mol. The Morgan fingerprint density at radius 3 is 2.88 bits per heavy atom. The van der Waals surface area contributed by atoms with Gasteiger partial charge in [-0.3, -0.25) is 0 Å². The number of anilines is 1. The number of nitrogen functional groups attached to an aromatic ring is 1. The first-order chi connectivity index (χ1) is 7.65. The number of rotatable bonds is 3. The number of aromatic nitrogens is 2. The van der Waals surface area contributed by atoms with Crippen LogP contribution in [0.3, 0.4) is 0 Å². The molecule has 6 heteroatoms. The molecule has 1 aromatic heterocycles. The van der Waals surface area contributed by atoms with Crippen LogP contribution in [-0.2, 0) is 6.61 Å². The van der Waals surface area contributed by atoms with Gasteiger partial charge in [-0.2, -0.15) is 0 Å². The molecule has 0 spiro atoms. The third-order valence-electron chi connectivity index (χ3n) is 1.97. The SMILES string of the molecule is Cc1cc(OCc2nnc(N)o2)ccc1Cl. The Hall–Kier alpha value is -1.75. The van der Waals surface area contributed by atoms with Gasteiger partial charge in [-0.05, 0) is 30.7 Å². The second-order valence-electron chi connectivity index (χ2n) is 3.23. The summed E-state index contributed by atoms with van der Waals surface area (Å²) < 4.78 is 10.4. The fraction of sp³-hybridized carbons (Fsp3) is 0.200. The van der Waals surface area contributed by atoms with E-state index in [1.165, 1.54) is 0 Å². The number of hydrogen-bond acceptors (Lipinski definition) is 5. The summed E-state index contributed by atoms with van der Waals surface area (Å²) in [6.07, 6.45) is 0. The van der Waals surface area contributed by atoms with E-state index in [-0.39, 0.29) is 12.6 Å². The van der Waals surface area contributed by atoms with Crippen molar-refractivity contribution in [2.24, 2.45) is 0 Å². The van der Waals surface area contributed by atoms with E-state index in [0.29, 0.717) is 16.7 Å². The Morgan fingerprint density at radius 2 is 2.25 bits per heavy atom. The van der Waals surface area contributed by atoms with Gasteiger partial charge >= 0.3 is 6.01 Å². The Kier molecular flexibility index (Phi) is 2.96. The highest BCUT2D eigenvalue weighted by Gasteiger charge is 2.04. The molecular formula is C10H10ClN3O2. The maximum absolute atomic E-state index is 5.89. The molecule has 0 saturated carbocycles. The van der Waals surface area contributed by atoms with E-state index in [9.17, 15) is 0 Å². The van der Waals surface area contributed by atoms with Crippen molar-refractivity contribution in [1.82, 2.24) is 10.2 Å². The van der Waals surface area contributed by atoms with Crippen LogP contribution >= 0.6 is 11.6 Å². The molecule has 1 heterocycles. The molecule has 0 atom stereocenters. The lowest BCUT2D eigenvalue weighted by Gasteiger charge is -2.04. The zero-order chi connectivity index (χ0) is 11.5. The Morgan fingerprint density at radius 1 is 1.44 bits per heavy atom. The quantitative estimate of drug-likeness (QED) is 0.889. The van der Waals surface area contributed by atoms with Gasteiger partial charge in [0, 0.05) is 5.02 Å². The van der Waals surface area contributed by atoms with Crippen LogP contribution in [-0.4, -0.2) is 10.2 Å². The second kappa shape index (κ2) is 4.40. The van der Waals surface area contributed by atoms with Gasteiger partial charge in [-0.15, -0.1) is 5.10 Å². The van der Waals surface area contributed by atoms with E-state index >= 15 is 0 Å². The predicted molar refractivity (Wildman–Crippen MR) is 59.2 cm³/mol. The number of nitrogens with zero attached hydrogens (tertiary/aromatic N) is 2. The first-order valence-corrected chi connectivity index (χ1v) is 5.00. The smallest absolute Gasteiger partial charge is 0.312 e. The minimum atomic E-state index is 0.0332. The predicted octanol–water partition coefficient (Wildman–Crippen LogP) is 2.19. The summed E-state index contributed by atoms with van der Waals surface area (Å²) in [6, 6.07) is 5.41. The molecule has 0 saturated heterocycles. The number of aryl methyl sites for hydroxylation is 1. The topological polar surface area (TPSA) is 74.2 Å². The number of ether oxygens (including phenoxy) is 1. The van der Waals surface area contributed by atoms with Crippen molar-refractivity contribution in [1.29, 1.82) is 0 Å². The molecular weight excluding hydrogens is 230 g/mol. The van der Waals surface area contributed by atoms with Gasteiger partial charge in [0.15, 0.2) is 6.61 Å². The number of hydrogen-bond donors (Lipinski definition) is 1. The molecule has 2 rings (SSSR count). The molecule has 0 bridgehead atoms. The van der Waals surface area contributed by atoms with Crippen molar-refractivity contribution in [2.75, 3.05) is 5.73 Å². The zero-order valence-corrected chi connectivity index (χ0v) is 9.36. The fourth-order valence-corrected chi connectivity index (χ4v) is 1.29. The summed E-state index contributed by atoms with van der Waals surface area (Å²) in [6.45, 7) is 2.09. The Balaban J connectivity index is 2.02. The lowest BCUT2D eigenvalue weighted by Crippen LogP contribution is -1.96. The van der Waals surface area contributed by atoms with E-state index in [1.807, 2.05) is 13.0 Å². The summed E-state index contributed by atoms with van der Waals surface area (Å²) >= 11 is 5.89. The molecule has 84 valence electrons. The van der Waals surface area contributed by atoms with Crippen molar-refractivity contribution < 1.29 is 9.15 Å². The minimum Gasteiger partial charge on any atom is -0.484 e. The molecule has 0 fully saturated rings. The van der Waals surface area contributed by atoms with Gasteiger partial charge in [0.05, 0.1) is 0 Å². The molecule has 0 aliphatic heterocycles. The highest BCUT2D eigenvalue weighted by molar-refractivity contribution is 6.31. The lowest BCUT2D eigenvalue weighted by molar-refractivity contribution is 0.265. The van der Waals surface area contributed by atoms with E-state index < -0.39 is 0 Å². The molecule has 0 unspecified atom stereocenters. The standard InChI is InChI=1S/C10H10ClN3O2/c1-6-4-7(2-3-8(6)11)15-5-9-13-14-10(12)16-9/h2-4H,5H2,1H3,(H2,12,14). The Bertz CT molecular complexity index is 499. The molecule has 0 aliphatic rings. The van der Waals surface area contributed by atoms with E-state index in [2.05, 4.69) is 10.2 Å². The van der Waals surface area contributed by atoms with E-state index in [1.54, 1.807) is 12.1 Å². The fourth-order valence-electron chi connectivity index (χ4n) is 1.18. The van der Waals surface area contributed by atoms with Crippen LogP contribution in [0.5, 0.6) is 5.75 Å². The van der Waals surface area contributed by atoms with Crippen molar-refractivity contribution in [2.45, 2.75) is 13.5 Å². The van der Waals surface area contributed by atoms with Crippen LogP contribution in [0.2, 0.25) is 5.02 Å². The maximum Gasteiger partial charge on any atom is 0.312 e. The molecule has 2 N–H and O–H groups in total. The van der Waals surface area contributed by atoms with Crippen LogP contribution < -0.4 is 10.5 Å². The Labute approximate surface area is 97.2 Å². The maximum atomic E-state index is 5.89. The van der Waals surface area contributed by atoms with Crippen molar-refractivity contribution in [3.05, 3.63) is 34.7 Å². The van der Waals surface area contributed by atoms with Gasteiger partial charge in [0.2, 0.25) is 0 Å². The van der Waals surface area contributed by atoms with Crippen LogP contribution in [0.4, 0.5) is 6.01 Å². The van der Waals surface area contributed by atoms with Gasteiger partial charge < -0.3 is 14.9 Å². The average molecular weight is 240 g/mol. The van der Waals surface area contributed by atoms with E-state index in [4.69, 9.17) is 26.5 Å². The second-order valence-corrected chi connectivity index (χ2v) is 3.64. The zero-order valence-electron chi connectivity index (χ0n) is 8.61. The highest BCUT2D eigenvalue weighted by atomic mass is 35.5. The van der Waals surface area contributed by atoms with Crippen LogP contribution in [0.25, 0.3) is 0 Å². The molecule has 0 aliphatic carbocycles. The summed E-state index contributed by atoms with van der Waals surface area (Å²) in [4.78, 5) is 0. The largest absolute Gasteiger partial charge is 0.484 e. The van der Waals surface area contributed by atoms with Gasteiger partial charge in [-0.25, -0.2) is 0 Å². The molecule has 5 nitrogen and oxygen atoms in total. The minimum absolute atomic E-state index is 0.0332. The number of nitrogens with two attached hydrogens (primary N) is 1. The summed E-state index contributed by atoms with van der Waals surface area (Å²) in [5, 5.41) is 7.90. The van der Waals surface area contributed by atoms with Crippen molar-refractivity contribution in [3.63, 3.8) is 0 Å². The van der Waals surface area contributed by atoms with E-state index in [0.717, 1.165) is 5.56 Å². The average Bonchev–Trinajstić information content (AvgIpc) is 2.66. The third kappa shape index (κ3) is 2.43. The molecule has 1 aromatic carbocycles. The first-order valence-electron chi connectivity index (χ1n) is 4.62. The van der Waals surface area contributed by atoms with Gasteiger partial charge in [-0.1, -0.05) is 16.7 Å². The first kappa shape index (κ1) is 10.8. The van der Waals surface area contributed by atoms with Crippen LogP contribution in [0.15, 0.2) is 22.6 Å². The summed E-state index contributed by atoms with van der Waals surface area (Å²) in [5.74, 6) is 1.03. The normalized spacial score (nSPS) is 10.4. The van der Waals surface area contributed by atoms with Gasteiger partial charge in [0.25, 0.3) is 5.89 Å². The van der Waals surface area contributed by atoms with Crippen LogP contribution in [0.1, 0.15) is 11.5 Å². The van der Waals surface area contributed by atoms with Crippen molar-refractivity contribution >= 4 is 17.6 Å². The lowest BCUT2D eigenvalue weighted by atomic mass is 10.2.